The average molecular weight is 168 g/mol. The Morgan fingerprint density at radius 2 is 1.83 bits per heavy atom. The highest BCUT2D eigenvalue weighted by atomic mass is 19.1. The lowest BCUT2D eigenvalue weighted by molar-refractivity contribution is 0.621. The molecule has 2 nitrogen and oxygen atoms in total. The van der Waals surface area contributed by atoms with Gasteiger partial charge in [-0.2, -0.15) is 0 Å². The van der Waals surface area contributed by atoms with Crippen molar-refractivity contribution in [1.82, 2.24) is 0 Å². The summed E-state index contributed by atoms with van der Waals surface area (Å²) in [7, 11) is 0. The zero-order valence-electron chi connectivity index (χ0n) is 6.83. The molecule has 66 valence electrons. The third-order valence-corrected chi connectivity index (χ3v) is 1.78. The number of hydrogen-bond acceptors (Lipinski definition) is 2. The molecule has 0 spiro atoms. The van der Waals surface area contributed by atoms with Crippen molar-refractivity contribution in [2.45, 2.75) is 12.5 Å². The Balaban J connectivity index is 2.68. The molecule has 3 heteroatoms. The maximum absolute atomic E-state index is 12.5. The van der Waals surface area contributed by atoms with Crippen molar-refractivity contribution in [3.63, 3.8) is 0 Å². The summed E-state index contributed by atoms with van der Waals surface area (Å²) in [5.41, 5.74) is 12.0. The monoisotopic (exact) mass is 168 g/mol. The number of benzene rings is 1. The van der Waals surface area contributed by atoms with Crippen molar-refractivity contribution in [3.05, 3.63) is 35.6 Å². The van der Waals surface area contributed by atoms with Gasteiger partial charge in [0.05, 0.1) is 0 Å². The molecule has 0 saturated heterocycles. The van der Waals surface area contributed by atoms with Crippen LogP contribution in [-0.2, 0) is 0 Å². The molecule has 0 amide bonds. The average Bonchev–Trinajstić information content (AvgIpc) is 2.06. The fourth-order valence-corrected chi connectivity index (χ4v) is 1.06. The van der Waals surface area contributed by atoms with Crippen LogP contribution in [0.1, 0.15) is 18.0 Å². The van der Waals surface area contributed by atoms with Crippen LogP contribution in [-0.4, -0.2) is 6.54 Å². The third kappa shape index (κ3) is 2.29. The zero-order valence-corrected chi connectivity index (χ0v) is 6.83. The van der Waals surface area contributed by atoms with E-state index in [0.717, 1.165) is 12.0 Å². The maximum atomic E-state index is 12.5. The minimum Gasteiger partial charge on any atom is -0.330 e. The van der Waals surface area contributed by atoms with Gasteiger partial charge in [0.15, 0.2) is 0 Å². The molecular weight excluding hydrogens is 155 g/mol. The Bertz CT molecular complexity index is 233. The molecule has 12 heavy (non-hydrogen) atoms. The summed E-state index contributed by atoms with van der Waals surface area (Å²) in [5, 5.41) is 0. The normalized spacial score (nSPS) is 12.9. The van der Waals surface area contributed by atoms with Crippen molar-refractivity contribution in [3.8, 4) is 0 Å². The summed E-state index contributed by atoms with van der Waals surface area (Å²) < 4.78 is 12.5. The first-order valence-electron chi connectivity index (χ1n) is 3.95. The number of hydrogen-bond donors (Lipinski definition) is 2. The smallest absolute Gasteiger partial charge is 0.123 e. The van der Waals surface area contributed by atoms with Crippen LogP contribution < -0.4 is 11.5 Å². The van der Waals surface area contributed by atoms with Gasteiger partial charge in [-0.15, -0.1) is 0 Å². The van der Waals surface area contributed by atoms with Gasteiger partial charge in [0, 0.05) is 6.04 Å². The lowest BCUT2D eigenvalue weighted by Crippen LogP contribution is -2.15. The van der Waals surface area contributed by atoms with Crippen LogP contribution in [0.3, 0.4) is 0 Å². The van der Waals surface area contributed by atoms with Crippen LogP contribution >= 0.6 is 0 Å². The summed E-state index contributed by atoms with van der Waals surface area (Å²) in [6, 6.07) is 6.12. The fourth-order valence-electron chi connectivity index (χ4n) is 1.06. The second-order valence-corrected chi connectivity index (χ2v) is 2.74. The van der Waals surface area contributed by atoms with Gasteiger partial charge in [-0.05, 0) is 30.7 Å². The van der Waals surface area contributed by atoms with Crippen molar-refractivity contribution >= 4 is 0 Å². The summed E-state index contributed by atoms with van der Waals surface area (Å²) >= 11 is 0. The van der Waals surface area contributed by atoms with Crippen LogP contribution in [0.5, 0.6) is 0 Å². The van der Waals surface area contributed by atoms with Gasteiger partial charge in [0.25, 0.3) is 0 Å². The molecule has 0 aromatic heterocycles. The summed E-state index contributed by atoms with van der Waals surface area (Å²) in [6.07, 6.45) is 0.728. The van der Waals surface area contributed by atoms with E-state index in [0.29, 0.717) is 6.54 Å². The van der Waals surface area contributed by atoms with Crippen LogP contribution in [0.15, 0.2) is 24.3 Å². The predicted molar refractivity (Wildman–Crippen MR) is 47.0 cm³/mol. The molecule has 0 unspecified atom stereocenters. The summed E-state index contributed by atoms with van der Waals surface area (Å²) in [4.78, 5) is 0. The Labute approximate surface area is 71.4 Å². The molecule has 0 saturated carbocycles. The van der Waals surface area contributed by atoms with Crippen LogP contribution in [0, 0.1) is 5.82 Å². The van der Waals surface area contributed by atoms with Gasteiger partial charge in [0.1, 0.15) is 5.82 Å². The SMILES string of the molecule is NCC[C@H](N)c1ccc(F)cc1. The van der Waals surface area contributed by atoms with E-state index < -0.39 is 0 Å². The first-order chi connectivity index (χ1) is 5.74. The Kier molecular flexibility index (Phi) is 3.19. The summed E-state index contributed by atoms with van der Waals surface area (Å²) in [5.74, 6) is -0.237. The second-order valence-electron chi connectivity index (χ2n) is 2.74. The van der Waals surface area contributed by atoms with E-state index in [2.05, 4.69) is 0 Å². The Morgan fingerprint density at radius 1 is 1.25 bits per heavy atom. The Morgan fingerprint density at radius 3 is 2.33 bits per heavy atom. The molecule has 1 rings (SSSR count). The lowest BCUT2D eigenvalue weighted by Gasteiger charge is -2.09. The summed E-state index contributed by atoms with van der Waals surface area (Å²) in [6.45, 7) is 0.554. The van der Waals surface area contributed by atoms with E-state index in [1.807, 2.05) is 0 Å². The standard InChI is InChI=1S/C9H13FN2/c10-8-3-1-7(2-4-8)9(12)5-6-11/h1-4,9H,5-6,11-12H2/t9-/m0/s1. The molecule has 0 aliphatic rings. The van der Waals surface area contributed by atoms with Gasteiger partial charge in [-0.1, -0.05) is 12.1 Å². The second kappa shape index (κ2) is 4.18. The number of nitrogens with two attached hydrogens (primary N) is 2. The molecule has 0 heterocycles. The highest BCUT2D eigenvalue weighted by molar-refractivity contribution is 5.19. The van der Waals surface area contributed by atoms with Crippen molar-refractivity contribution in [2.24, 2.45) is 11.5 Å². The molecule has 0 bridgehead atoms. The quantitative estimate of drug-likeness (QED) is 0.712. The molecule has 0 radical (unpaired) electrons. The van der Waals surface area contributed by atoms with E-state index in [1.165, 1.54) is 12.1 Å². The number of rotatable bonds is 3. The van der Waals surface area contributed by atoms with Crippen LogP contribution in [0.4, 0.5) is 4.39 Å². The van der Waals surface area contributed by atoms with Gasteiger partial charge in [0.2, 0.25) is 0 Å². The molecule has 1 atom stereocenters. The van der Waals surface area contributed by atoms with Crippen LogP contribution in [0.2, 0.25) is 0 Å². The third-order valence-electron chi connectivity index (χ3n) is 1.78. The first-order valence-corrected chi connectivity index (χ1v) is 3.95. The highest BCUT2D eigenvalue weighted by Crippen LogP contribution is 2.13. The lowest BCUT2D eigenvalue weighted by atomic mass is 10.1. The largest absolute Gasteiger partial charge is 0.330 e. The fraction of sp³-hybridized carbons (Fsp3) is 0.333. The number of halogens is 1. The van der Waals surface area contributed by atoms with Crippen molar-refractivity contribution in [1.29, 1.82) is 0 Å². The minimum atomic E-state index is -0.237. The van der Waals surface area contributed by atoms with Crippen molar-refractivity contribution in [2.75, 3.05) is 6.54 Å². The molecule has 1 aromatic carbocycles. The van der Waals surface area contributed by atoms with Gasteiger partial charge in [-0.3, -0.25) is 0 Å². The van der Waals surface area contributed by atoms with E-state index in [9.17, 15) is 4.39 Å². The molecule has 0 fully saturated rings. The molecule has 4 N–H and O–H groups in total. The molecular formula is C9H13FN2. The van der Waals surface area contributed by atoms with E-state index in [1.54, 1.807) is 12.1 Å². The molecule has 1 aromatic rings. The predicted octanol–water partition coefficient (Wildman–Crippen LogP) is 1.17. The van der Waals surface area contributed by atoms with E-state index in [-0.39, 0.29) is 11.9 Å². The highest BCUT2D eigenvalue weighted by Gasteiger charge is 2.03. The van der Waals surface area contributed by atoms with Crippen LogP contribution in [0.25, 0.3) is 0 Å². The topological polar surface area (TPSA) is 52.0 Å². The van der Waals surface area contributed by atoms with E-state index in [4.69, 9.17) is 11.5 Å². The van der Waals surface area contributed by atoms with Gasteiger partial charge >= 0.3 is 0 Å². The van der Waals surface area contributed by atoms with E-state index >= 15 is 0 Å². The molecule has 0 aliphatic carbocycles. The Hall–Kier alpha value is -0.930. The van der Waals surface area contributed by atoms with Gasteiger partial charge < -0.3 is 11.5 Å². The van der Waals surface area contributed by atoms with Crippen molar-refractivity contribution < 1.29 is 4.39 Å². The minimum absolute atomic E-state index is 0.0735. The maximum Gasteiger partial charge on any atom is 0.123 e. The zero-order chi connectivity index (χ0) is 8.97. The van der Waals surface area contributed by atoms with Gasteiger partial charge in [-0.25, -0.2) is 4.39 Å². The first kappa shape index (κ1) is 9.16. The molecule has 0 aliphatic heterocycles.